The van der Waals surface area contributed by atoms with Gasteiger partial charge in [-0.3, -0.25) is 9.52 Å². The van der Waals surface area contributed by atoms with Gasteiger partial charge in [0.1, 0.15) is 5.75 Å². The highest BCUT2D eigenvalue weighted by Gasteiger charge is 2.19. The number of carbonyl (C=O) groups is 1. The SMILES string of the molecule is CCOc1ccc(CNC(=O)c2ccc(C)c(S(=O)(=O)Nc3cccc(C)c3)c2)cc1. The topological polar surface area (TPSA) is 84.5 Å². The molecule has 2 N–H and O–H groups in total. The van der Waals surface area contributed by atoms with Crippen LogP contribution < -0.4 is 14.8 Å². The average molecular weight is 439 g/mol. The number of hydrogen-bond donors (Lipinski definition) is 2. The molecule has 0 bridgehead atoms. The van der Waals surface area contributed by atoms with Crippen LogP contribution in [0.5, 0.6) is 5.75 Å². The maximum absolute atomic E-state index is 12.9. The largest absolute Gasteiger partial charge is 0.494 e. The van der Waals surface area contributed by atoms with Gasteiger partial charge in [-0.05, 0) is 73.9 Å². The van der Waals surface area contributed by atoms with Crippen molar-refractivity contribution >= 4 is 21.6 Å². The molecular weight excluding hydrogens is 412 g/mol. The van der Waals surface area contributed by atoms with Crippen LogP contribution in [-0.2, 0) is 16.6 Å². The normalized spacial score (nSPS) is 11.1. The lowest BCUT2D eigenvalue weighted by Crippen LogP contribution is -2.23. The van der Waals surface area contributed by atoms with Crippen LogP contribution in [0, 0.1) is 13.8 Å². The molecule has 0 radical (unpaired) electrons. The lowest BCUT2D eigenvalue weighted by molar-refractivity contribution is 0.0950. The molecule has 0 heterocycles. The number of ether oxygens (including phenoxy) is 1. The Morgan fingerprint density at radius 1 is 0.968 bits per heavy atom. The second kappa shape index (κ2) is 9.66. The molecule has 0 saturated carbocycles. The van der Waals surface area contributed by atoms with Crippen molar-refractivity contribution in [3.05, 3.63) is 89.0 Å². The summed E-state index contributed by atoms with van der Waals surface area (Å²) >= 11 is 0. The molecule has 0 aliphatic rings. The van der Waals surface area contributed by atoms with E-state index in [1.54, 1.807) is 37.3 Å². The zero-order chi connectivity index (χ0) is 22.4. The minimum Gasteiger partial charge on any atom is -0.494 e. The van der Waals surface area contributed by atoms with E-state index in [9.17, 15) is 13.2 Å². The summed E-state index contributed by atoms with van der Waals surface area (Å²) in [5, 5.41) is 2.83. The zero-order valence-electron chi connectivity index (χ0n) is 17.8. The number of hydrogen-bond acceptors (Lipinski definition) is 4. The lowest BCUT2D eigenvalue weighted by atomic mass is 10.1. The van der Waals surface area contributed by atoms with Gasteiger partial charge in [0.2, 0.25) is 0 Å². The van der Waals surface area contributed by atoms with E-state index in [2.05, 4.69) is 10.0 Å². The third kappa shape index (κ3) is 5.86. The van der Waals surface area contributed by atoms with E-state index < -0.39 is 10.0 Å². The maximum Gasteiger partial charge on any atom is 0.262 e. The third-order valence-corrected chi connectivity index (χ3v) is 6.22. The van der Waals surface area contributed by atoms with E-state index in [1.165, 1.54) is 6.07 Å². The zero-order valence-corrected chi connectivity index (χ0v) is 18.6. The summed E-state index contributed by atoms with van der Waals surface area (Å²) in [5.74, 6) is 0.424. The van der Waals surface area contributed by atoms with Crippen LogP contribution >= 0.6 is 0 Å². The fourth-order valence-corrected chi connectivity index (χ4v) is 4.43. The van der Waals surface area contributed by atoms with Gasteiger partial charge < -0.3 is 10.1 Å². The summed E-state index contributed by atoms with van der Waals surface area (Å²) in [7, 11) is -3.84. The highest BCUT2D eigenvalue weighted by Crippen LogP contribution is 2.21. The molecule has 6 nitrogen and oxygen atoms in total. The van der Waals surface area contributed by atoms with Crippen molar-refractivity contribution in [3.8, 4) is 5.75 Å². The Bertz CT molecular complexity index is 1170. The number of carbonyl (C=O) groups excluding carboxylic acids is 1. The molecule has 162 valence electrons. The van der Waals surface area contributed by atoms with Crippen LogP contribution in [0.15, 0.2) is 71.6 Å². The first-order chi connectivity index (χ1) is 14.8. The van der Waals surface area contributed by atoms with Crippen LogP contribution in [-0.4, -0.2) is 20.9 Å². The molecule has 3 rings (SSSR count). The summed E-state index contributed by atoms with van der Waals surface area (Å²) in [5.41, 5.74) is 3.17. The second-order valence-electron chi connectivity index (χ2n) is 7.21. The summed E-state index contributed by atoms with van der Waals surface area (Å²) < 4.78 is 33.8. The van der Waals surface area contributed by atoms with Crippen molar-refractivity contribution in [2.24, 2.45) is 0 Å². The van der Waals surface area contributed by atoms with Crippen molar-refractivity contribution in [1.29, 1.82) is 0 Å². The Labute approximate surface area is 183 Å². The van der Waals surface area contributed by atoms with Gasteiger partial charge in [0.15, 0.2) is 0 Å². The molecule has 0 atom stereocenters. The lowest BCUT2D eigenvalue weighted by Gasteiger charge is -2.13. The Kier molecular flexibility index (Phi) is 6.97. The Morgan fingerprint density at radius 3 is 2.39 bits per heavy atom. The van der Waals surface area contributed by atoms with Crippen LogP contribution in [0.1, 0.15) is 34.0 Å². The van der Waals surface area contributed by atoms with E-state index in [4.69, 9.17) is 4.74 Å². The van der Waals surface area contributed by atoms with Gasteiger partial charge in [0, 0.05) is 17.8 Å². The molecule has 0 aliphatic heterocycles. The Balaban J connectivity index is 1.74. The van der Waals surface area contributed by atoms with Crippen molar-refractivity contribution < 1.29 is 17.9 Å². The number of aryl methyl sites for hydroxylation is 2. The molecule has 7 heteroatoms. The van der Waals surface area contributed by atoms with Crippen molar-refractivity contribution in [2.45, 2.75) is 32.2 Å². The van der Waals surface area contributed by atoms with Crippen molar-refractivity contribution in [3.63, 3.8) is 0 Å². The Morgan fingerprint density at radius 2 is 1.71 bits per heavy atom. The van der Waals surface area contributed by atoms with Gasteiger partial charge in [0.05, 0.1) is 11.5 Å². The van der Waals surface area contributed by atoms with Crippen molar-refractivity contribution in [2.75, 3.05) is 11.3 Å². The van der Waals surface area contributed by atoms with Gasteiger partial charge in [-0.15, -0.1) is 0 Å². The van der Waals surface area contributed by atoms with Gasteiger partial charge in [-0.25, -0.2) is 8.42 Å². The first-order valence-electron chi connectivity index (χ1n) is 9.98. The van der Waals surface area contributed by atoms with Crippen LogP contribution in [0.25, 0.3) is 0 Å². The molecule has 3 aromatic rings. The predicted octanol–water partition coefficient (Wildman–Crippen LogP) is 4.43. The van der Waals surface area contributed by atoms with Gasteiger partial charge in [-0.2, -0.15) is 0 Å². The smallest absolute Gasteiger partial charge is 0.262 e. The summed E-state index contributed by atoms with van der Waals surface area (Å²) in [6.45, 7) is 6.42. The standard InChI is InChI=1S/C24H26N2O4S/c1-4-30-22-12-9-19(10-13-22)16-25-24(27)20-11-8-18(3)23(15-20)31(28,29)26-21-7-5-6-17(2)14-21/h5-15,26H,4,16H2,1-3H3,(H,25,27). The first-order valence-corrected chi connectivity index (χ1v) is 11.5. The highest BCUT2D eigenvalue weighted by molar-refractivity contribution is 7.92. The molecular formula is C24H26N2O4S. The predicted molar refractivity (Wildman–Crippen MR) is 122 cm³/mol. The van der Waals surface area contributed by atoms with E-state index in [0.29, 0.717) is 24.4 Å². The van der Waals surface area contributed by atoms with Gasteiger partial charge >= 0.3 is 0 Å². The highest BCUT2D eigenvalue weighted by atomic mass is 32.2. The molecule has 0 saturated heterocycles. The molecule has 0 fully saturated rings. The van der Waals surface area contributed by atoms with Crippen LogP contribution in [0.3, 0.4) is 0 Å². The van der Waals surface area contributed by atoms with E-state index >= 15 is 0 Å². The molecule has 0 unspecified atom stereocenters. The van der Waals surface area contributed by atoms with Gasteiger partial charge in [0.25, 0.3) is 15.9 Å². The minimum absolute atomic E-state index is 0.0720. The van der Waals surface area contributed by atoms with Crippen LogP contribution in [0.4, 0.5) is 5.69 Å². The molecule has 3 aromatic carbocycles. The molecule has 0 aliphatic carbocycles. The number of anilines is 1. The maximum atomic E-state index is 12.9. The first kappa shape index (κ1) is 22.4. The Hall–Kier alpha value is -3.32. The number of benzene rings is 3. The third-order valence-electron chi connectivity index (χ3n) is 4.70. The molecule has 0 spiro atoms. The summed E-state index contributed by atoms with van der Waals surface area (Å²) in [6, 6.07) is 19.2. The minimum atomic E-state index is -3.84. The summed E-state index contributed by atoms with van der Waals surface area (Å²) in [4.78, 5) is 12.7. The quantitative estimate of drug-likeness (QED) is 0.545. The monoisotopic (exact) mass is 438 g/mol. The molecule has 1 amide bonds. The average Bonchev–Trinajstić information content (AvgIpc) is 2.73. The molecule has 0 aromatic heterocycles. The van der Waals surface area contributed by atoms with E-state index in [-0.39, 0.29) is 16.4 Å². The van der Waals surface area contributed by atoms with E-state index in [1.807, 2.05) is 44.2 Å². The number of rotatable bonds is 8. The number of amides is 1. The summed E-state index contributed by atoms with van der Waals surface area (Å²) in [6.07, 6.45) is 0. The molecule has 31 heavy (non-hydrogen) atoms. The van der Waals surface area contributed by atoms with Crippen molar-refractivity contribution in [1.82, 2.24) is 5.32 Å². The van der Waals surface area contributed by atoms with Gasteiger partial charge in [-0.1, -0.05) is 30.3 Å². The number of nitrogens with one attached hydrogen (secondary N) is 2. The van der Waals surface area contributed by atoms with E-state index in [0.717, 1.165) is 16.9 Å². The number of sulfonamides is 1. The fourth-order valence-electron chi connectivity index (χ4n) is 3.10. The second-order valence-corrected chi connectivity index (χ2v) is 8.87. The fraction of sp³-hybridized carbons (Fsp3) is 0.208. The van der Waals surface area contributed by atoms with Crippen LogP contribution in [0.2, 0.25) is 0 Å².